The summed E-state index contributed by atoms with van der Waals surface area (Å²) in [6.45, 7) is 6.46. The first-order valence-corrected chi connectivity index (χ1v) is 11.0. The number of fused-ring (bicyclic) bond motifs is 1. The summed E-state index contributed by atoms with van der Waals surface area (Å²) in [4.78, 5) is 50.8. The zero-order chi connectivity index (χ0) is 22.8. The van der Waals surface area contributed by atoms with Crippen LogP contribution in [0.4, 0.5) is 0 Å². The molecule has 1 aromatic rings. The van der Waals surface area contributed by atoms with Crippen LogP contribution in [0.2, 0.25) is 0 Å². The number of ether oxygens (including phenoxy) is 2. The van der Waals surface area contributed by atoms with Gasteiger partial charge < -0.3 is 19.7 Å². The van der Waals surface area contributed by atoms with Crippen molar-refractivity contribution in [1.82, 2.24) is 10.2 Å². The molecule has 9 heteroatoms. The molecule has 0 aromatic heterocycles. The first kappa shape index (κ1) is 22.9. The van der Waals surface area contributed by atoms with Crippen molar-refractivity contribution >= 4 is 35.5 Å². The fourth-order valence-corrected chi connectivity index (χ4v) is 4.75. The summed E-state index contributed by atoms with van der Waals surface area (Å²) in [5.74, 6) is -1.40. The SMILES string of the molecule is CC(=O)OC=C1CS[C@@H]2C(NC(=O)Cc3ccccc3)C(=O)N2C1C(=O)OC(C)(C)C. The van der Waals surface area contributed by atoms with Crippen LogP contribution >= 0.6 is 11.8 Å². The van der Waals surface area contributed by atoms with Crippen LogP contribution in [0, 0.1) is 0 Å². The van der Waals surface area contributed by atoms with Crippen LogP contribution in [-0.4, -0.2) is 57.5 Å². The molecule has 1 aromatic carbocycles. The second-order valence-electron chi connectivity index (χ2n) is 8.39. The number of rotatable bonds is 5. The zero-order valence-electron chi connectivity index (χ0n) is 17.9. The highest BCUT2D eigenvalue weighted by Gasteiger charge is 2.57. The van der Waals surface area contributed by atoms with Crippen molar-refractivity contribution in [2.24, 2.45) is 0 Å². The number of amides is 2. The standard InChI is InChI=1S/C22H26N2O6S/c1-13(25)29-11-15-12-31-20-17(23-16(26)10-14-8-6-5-7-9-14)19(27)24(20)18(15)21(28)30-22(2,3)4/h5-9,11,17-18,20H,10,12H2,1-4H3,(H,23,26)/t17?,18?,20-/m1/s1. The third-order valence-corrected chi connectivity index (χ3v) is 6.00. The highest BCUT2D eigenvalue weighted by Crippen LogP contribution is 2.41. The molecule has 2 saturated heterocycles. The molecule has 2 fully saturated rings. The van der Waals surface area contributed by atoms with Crippen LogP contribution in [0.3, 0.4) is 0 Å². The predicted octanol–water partition coefficient (Wildman–Crippen LogP) is 1.79. The molecule has 0 saturated carbocycles. The Morgan fingerprint density at radius 2 is 1.90 bits per heavy atom. The highest BCUT2D eigenvalue weighted by molar-refractivity contribution is 8.00. The Hall–Kier alpha value is -2.81. The molecule has 0 aliphatic carbocycles. The third-order valence-electron chi connectivity index (χ3n) is 4.66. The first-order valence-electron chi connectivity index (χ1n) is 9.93. The van der Waals surface area contributed by atoms with Crippen LogP contribution in [0.15, 0.2) is 42.2 Å². The van der Waals surface area contributed by atoms with E-state index < -0.39 is 35.0 Å². The normalized spacial score (nSPS) is 24.1. The molecule has 8 nitrogen and oxygen atoms in total. The summed E-state index contributed by atoms with van der Waals surface area (Å²) in [7, 11) is 0. The topological polar surface area (TPSA) is 102 Å². The Labute approximate surface area is 185 Å². The Balaban J connectivity index is 1.74. The highest BCUT2D eigenvalue weighted by atomic mass is 32.2. The van der Waals surface area contributed by atoms with Gasteiger partial charge in [0.15, 0.2) is 6.04 Å². The first-order chi connectivity index (χ1) is 14.6. The second kappa shape index (κ2) is 9.13. The van der Waals surface area contributed by atoms with E-state index in [-0.39, 0.29) is 18.2 Å². The van der Waals surface area contributed by atoms with E-state index in [0.717, 1.165) is 5.56 Å². The van der Waals surface area contributed by atoms with Gasteiger partial charge in [0.1, 0.15) is 17.0 Å². The molecule has 0 radical (unpaired) electrons. The van der Waals surface area contributed by atoms with E-state index in [4.69, 9.17) is 9.47 Å². The average molecular weight is 447 g/mol. The van der Waals surface area contributed by atoms with Crippen LogP contribution in [0.1, 0.15) is 33.3 Å². The van der Waals surface area contributed by atoms with Gasteiger partial charge in [-0.2, -0.15) is 0 Å². The summed E-state index contributed by atoms with van der Waals surface area (Å²) in [6, 6.07) is 7.52. The number of benzene rings is 1. The van der Waals surface area contributed by atoms with Gasteiger partial charge in [-0.05, 0) is 26.3 Å². The van der Waals surface area contributed by atoms with Gasteiger partial charge in [-0.3, -0.25) is 14.4 Å². The van der Waals surface area contributed by atoms with Gasteiger partial charge in [0.05, 0.1) is 12.7 Å². The molecule has 31 heavy (non-hydrogen) atoms. The van der Waals surface area contributed by atoms with Crippen molar-refractivity contribution in [2.75, 3.05) is 5.75 Å². The number of β-lactam (4-membered cyclic amide) rings is 1. The average Bonchev–Trinajstić information content (AvgIpc) is 2.69. The maximum atomic E-state index is 12.9. The molecule has 2 amide bonds. The number of hydrogen-bond donors (Lipinski definition) is 1. The smallest absolute Gasteiger partial charge is 0.333 e. The molecule has 3 rings (SSSR count). The summed E-state index contributed by atoms with van der Waals surface area (Å²) in [5.41, 5.74) is 0.562. The molecule has 1 N–H and O–H groups in total. The van der Waals surface area contributed by atoms with Gasteiger partial charge in [0.25, 0.3) is 0 Å². The summed E-state index contributed by atoms with van der Waals surface area (Å²) < 4.78 is 10.5. The molecule has 2 unspecified atom stereocenters. The van der Waals surface area contributed by atoms with Gasteiger partial charge in [-0.1, -0.05) is 30.3 Å². The van der Waals surface area contributed by atoms with E-state index in [1.54, 1.807) is 20.8 Å². The number of carbonyl (C=O) groups is 4. The minimum Gasteiger partial charge on any atom is -0.458 e. The molecular formula is C22H26N2O6S. The number of hydrogen-bond acceptors (Lipinski definition) is 7. The van der Waals surface area contributed by atoms with Gasteiger partial charge in [-0.15, -0.1) is 11.8 Å². The maximum Gasteiger partial charge on any atom is 0.333 e. The lowest BCUT2D eigenvalue weighted by molar-refractivity contribution is -0.170. The van der Waals surface area contributed by atoms with E-state index >= 15 is 0 Å². The summed E-state index contributed by atoms with van der Waals surface area (Å²) >= 11 is 1.40. The van der Waals surface area contributed by atoms with E-state index in [1.807, 2.05) is 30.3 Å². The van der Waals surface area contributed by atoms with Crippen LogP contribution in [0.5, 0.6) is 0 Å². The molecule has 166 valence electrons. The maximum absolute atomic E-state index is 12.9. The summed E-state index contributed by atoms with van der Waals surface area (Å²) in [5, 5.41) is 2.38. The minimum atomic E-state index is -1.00. The predicted molar refractivity (Wildman–Crippen MR) is 115 cm³/mol. The van der Waals surface area contributed by atoms with E-state index in [9.17, 15) is 19.2 Å². The van der Waals surface area contributed by atoms with Crippen molar-refractivity contribution in [1.29, 1.82) is 0 Å². The molecular weight excluding hydrogens is 420 g/mol. The lowest BCUT2D eigenvalue weighted by Gasteiger charge is -2.53. The van der Waals surface area contributed by atoms with Crippen molar-refractivity contribution in [3.8, 4) is 0 Å². The van der Waals surface area contributed by atoms with Crippen LogP contribution in [0.25, 0.3) is 0 Å². The van der Waals surface area contributed by atoms with Gasteiger partial charge >= 0.3 is 11.9 Å². The van der Waals surface area contributed by atoms with E-state index in [0.29, 0.717) is 11.3 Å². The second-order valence-corrected chi connectivity index (χ2v) is 9.50. The van der Waals surface area contributed by atoms with Gasteiger partial charge in [0.2, 0.25) is 11.8 Å². The zero-order valence-corrected chi connectivity index (χ0v) is 18.7. The fourth-order valence-electron chi connectivity index (χ4n) is 3.39. The number of nitrogens with one attached hydrogen (secondary N) is 1. The van der Waals surface area contributed by atoms with Crippen molar-refractivity contribution in [3.05, 3.63) is 47.7 Å². The monoisotopic (exact) mass is 446 g/mol. The van der Waals surface area contributed by atoms with Gasteiger partial charge in [0, 0.05) is 18.2 Å². The largest absolute Gasteiger partial charge is 0.458 e. The van der Waals surface area contributed by atoms with E-state index in [1.165, 1.54) is 29.8 Å². The molecule has 2 aliphatic heterocycles. The minimum absolute atomic E-state index is 0.162. The lowest BCUT2D eigenvalue weighted by atomic mass is 9.97. The van der Waals surface area contributed by atoms with Crippen molar-refractivity contribution in [3.63, 3.8) is 0 Å². The van der Waals surface area contributed by atoms with Crippen LogP contribution < -0.4 is 5.32 Å². The number of carbonyl (C=O) groups excluding carboxylic acids is 4. The molecule has 3 atom stereocenters. The molecule has 2 aliphatic rings. The quantitative estimate of drug-likeness (QED) is 0.418. The Morgan fingerprint density at radius 1 is 1.23 bits per heavy atom. The Morgan fingerprint density at radius 3 is 2.52 bits per heavy atom. The number of thioether (sulfide) groups is 1. The Bertz CT molecular complexity index is 908. The molecule has 2 heterocycles. The number of esters is 2. The van der Waals surface area contributed by atoms with Crippen LogP contribution in [-0.2, 0) is 35.1 Å². The molecule has 0 bridgehead atoms. The van der Waals surface area contributed by atoms with Gasteiger partial charge in [-0.25, -0.2) is 4.79 Å². The fraction of sp³-hybridized carbons (Fsp3) is 0.455. The Kier molecular flexibility index (Phi) is 6.74. The van der Waals surface area contributed by atoms with E-state index in [2.05, 4.69) is 5.32 Å². The van der Waals surface area contributed by atoms with Crippen molar-refractivity contribution in [2.45, 2.75) is 57.2 Å². The third kappa shape index (κ3) is 5.46. The summed E-state index contributed by atoms with van der Waals surface area (Å²) in [6.07, 6.45) is 1.38. The lowest BCUT2D eigenvalue weighted by Crippen LogP contribution is -2.75. The number of nitrogens with zero attached hydrogens (tertiary/aromatic N) is 1. The van der Waals surface area contributed by atoms with Crippen molar-refractivity contribution < 1.29 is 28.7 Å². The molecule has 0 spiro atoms.